The zero-order valence-electron chi connectivity index (χ0n) is 17.8. The van der Waals surface area contributed by atoms with Crippen molar-refractivity contribution in [3.05, 3.63) is 59.4 Å². The minimum atomic E-state index is -0.249. The highest BCUT2D eigenvalue weighted by Crippen LogP contribution is 2.32. The molecule has 2 aromatic carbocycles. The SMILES string of the molecule is CCn1c(CNC(=O)c2ccc3c(c2)OCO3)nnc1SCC(=O)Nc1ccc(C)cc1. The van der Waals surface area contributed by atoms with Crippen LogP contribution in [0.1, 0.15) is 28.7 Å². The van der Waals surface area contributed by atoms with Gasteiger partial charge in [0.1, 0.15) is 0 Å². The molecule has 1 aromatic heterocycles. The molecule has 0 saturated heterocycles. The molecule has 32 heavy (non-hydrogen) atoms. The first-order valence-electron chi connectivity index (χ1n) is 10.1. The number of ether oxygens (including phenoxy) is 2. The third kappa shape index (κ3) is 5.02. The molecule has 1 aliphatic heterocycles. The molecule has 2 N–H and O–H groups in total. The summed E-state index contributed by atoms with van der Waals surface area (Å²) in [6.45, 7) is 4.94. The summed E-state index contributed by atoms with van der Waals surface area (Å²) >= 11 is 1.30. The third-order valence-electron chi connectivity index (χ3n) is 4.82. The fraction of sp³-hybridized carbons (Fsp3) is 0.273. The van der Waals surface area contributed by atoms with Gasteiger partial charge in [-0.2, -0.15) is 0 Å². The fourth-order valence-electron chi connectivity index (χ4n) is 3.14. The van der Waals surface area contributed by atoms with E-state index in [1.54, 1.807) is 18.2 Å². The lowest BCUT2D eigenvalue weighted by Gasteiger charge is -2.09. The van der Waals surface area contributed by atoms with Crippen LogP contribution in [0, 0.1) is 6.92 Å². The summed E-state index contributed by atoms with van der Waals surface area (Å²) in [5, 5.41) is 14.7. The minimum absolute atomic E-state index is 0.123. The summed E-state index contributed by atoms with van der Waals surface area (Å²) in [6.07, 6.45) is 0. The van der Waals surface area contributed by atoms with Crippen LogP contribution in [0.25, 0.3) is 0 Å². The summed E-state index contributed by atoms with van der Waals surface area (Å²) in [4.78, 5) is 24.8. The van der Waals surface area contributed by atoms with Gasteiger partial charge in [-0.1, -0.05) is 29.5 Å². The van der Waals surface area contributed by atoms with Gasteiger partial charge in [0.05, 0.1) is 12.3 Å². The maximum absolute atomic E-state index is 12.5. The maximum Gasteiger partial charge on any atom is 0.251 e. The molecule has 0 spiro atoms. The molecule has 1 aliphatic rings. The van der Waals surface area contributed by atoms with Gasteiger partial charge in [0.15, 0.2) is 22.5 Å². The average molecular weight is 454 g/mol. The summed E-state index contributed by atoms with van der Waals surface area (Å²) in [5.41, 5.74) is 2.36. The van der Waals surface area contributed by atoms with Crippen LogP contribution >= 0.6 is 11.8 Å². The van der Waals surface area contributed by atoms with Crippen LogP contribution in [0.2, 0.25) is 0 Å². The van der Waals surface area contributed by atoms with E-state index in [2.05, 4.69) is 20.8 Å². The number of benzene rings is 2. The predicted octanol–water partition coefficient (Wildman–Crippen LogP) is 3.00. The Bertz CT molecular complexity index is 1130. The quantitative estimate of drug-likeness (QED) is 0.505. The van der Waals surface area contributed by atoms with Gasteiger partial charge in [0.25, 0.3) is 5.91 Å². The third-order valence-corrected chi connectivity index (χ3v) is 5.79. The number of anilines is 1. The van der Waals surface area contributed by atoms with E-state index in [0.717, 1.165) is 11.3 Å². The highest BCUT2D eigenvalue weighted by atomic mass is 32.2. The molecule has 4 rings (SSSR count). The minimum Gasteiger partial charge on any atom is -0.454 e. The van der Waals surface area contributed by atoms with E-state index in [4.69, 9.17) is 9.47 Å². The van der Waals surface area contributed by atoms with Crippen LogP contribution in [0.5, 0.6) is 11.5 Å². The lowest BCUT2D eigenvalue weighted by atomic mass is 10.2. The van der Waals surface area contributed by atoms with Crippen LogP contribution in [-0.2, 0) is 17.9 Å². The Kier molecular flexibility index (Phi) is 6.60. The Morgan fingerprint density at radius 1 is 1.09 bits per heavy atom. The van der Waals surface area contributed by atoms with Gasteiger partial charge in [-0.3, -0.25) is 9.59 Å². The molecule has 0 bridgehead atoms. The molecule has 3 aromatic rings. The number of nitrogens with zero attached hydrogens (tertiary/aromatic N) is 3. The molecule has 10 heteroatoms. The van der Waals surface area contributed by atoms with Gasteiger partial charge in [0, 0.05) is 17.8 Å². The summed E-state index contributed by atoms with van der Waals surface area (Å²) < 4.78 is 12.5. The first kappa shape index (κ1) is 21.7. The van der Waals surface area contributed by atoms with Crippen molar-refractivity contribution in [1.29, 1.82) is 0 Å². The maximum atomic E-state index is 12.5. The van der Waals surface area contributed by atoms with Gasteiger partial charge in [-0.15, -0.1) is 10.2 Å². The summed E-state index contributed by atoms with van der Waals surface area (Å²) in [6, 6.07) is 12.7. The van der Waals surface area contributed by atoms with Crippen molar-refractivity contribution in [2.45, 2.75) is 32.1 Å². The first-order chi connectivity index (χ1) is 15.5. The molecule has 2 heterocycles. The van der Waals surface area contributed by atoms with Crippen molar-refractivity contribution >= 4 is 29.3 Å². The second-order valence-electron chi connectivity index (χ2n) is 7.10. The molecule has 0 aliphatic carbocycles. The van der Waals surface area contributed by atoms with Crippen LogP contribution in [0.15, 0.2) is 47.6 Å². The second-order valence-corrected chi connectivity index (χ2v) is 8.04. The lowest BCUT2D eigenvalue weighted by Crippen LogP contribution is -2.24. The van der Waals surface area contributed by atoms with E-state index in [1.165, 1.54) is 11.8 Å². The normalized spacial score (nSPS) is 11.9. The molecule has 9 nitrogen and oxygen atoms in total. The van der Waals surface area contributed by atoms with Crippen molar-refractivity contribution in [1.82, 2.24) is 20.1 Å². The number of hydrogen-bond acceptors (Lipinski definition) is 7. The molecular weight excluding hydrogens is 430 g/mol. The Labute approximate surface area is 189 Å². The van der Waals surface area contributed by atoms with Crippen LogP contribution < -0.4 is 20.1 Å². The Morgan fingerprint density at radius 3 is 2.66 bits per heavy atom. The zero-order chi connectivity index (χ0) is 22.5. The Morgan fingerprint density at radius 2 is 1.88 bits per heavy atom. The van der Waals surface area contributed by atoms with E-state index >= 15 is 0 Å². The number of aromatic nitrogens is 3. The van der Waals surface area contributed by atoms with Crippen LogP contribution in [0.4, 0.5) is 5.69 Å². The fourth-order valence-corrected chi connectivity index (χ4v) is 3.96. The smallest absolute Gasteiger partial charge is 0.251 e. The van der Waals surface area contributed by atoms with E-state index < -0.39 is 0 Å². The Hall–Kier alpha value is -3.53. The molecule has 0 saturated carbocycles. The number of carbonyl (C=O) groups is 2. The Balaban J connectivity index is 1.32. The molecule has 2 amide bonds. The molecule has 0 atom stereocenters. The van der Waals surface area contributed by atoms with E-state index in [0.29, 0.717) is 34.6 Å². The number of amides is 2. The standard InChI is InChI=1S/C22H23N5O4S/c1-3-27-19(11-23-21(29)15-6-9-17-18(10-15)31-13-30-17)25-26-22(27)32-12-20(28)24-16-7-4-14(2)5-8-16/h4-10H,3,11-13H2,1-2H3,(H,23,29)(H,24,28). The van der Waals surface area contributed by atoms with Crippen molar-refractivity contribution in [2.24, 2.45) is 0 Å². The lowest BCUT2D eigenvalue weighted by molar-refractivity contribution is -0.113. The molecule has 0 unspecified atom stereocenters. The van der Waals surface area contributed by atoms with Crippen LogP contribution in [-0.4, -0.2) is 39.1 Å². The summed E-state index contributed by atoms with van der Waals surface area (Å²) in [7, 11) is 0. The summed E-state index contributed by atoms with van der Waals surface area (Å²) in [5.74, 6) is 1.62. The number of fused-ring (bicyclic) bond motifs is 1. The first-order valence-corrected chi connectivity index (χ1v) is 11.1. The van der Waals surface area contributed by atoms with Crippen molar-refractivity contribution in [3.63, 3.8) is 0 Å². The monoisotopic (exact) mass is 453 g/mol. The highest BCUT2D eigenvalue weighted by molar-refractivity contribution is 7.99. The van der Waals surface area contributed by atoms with Crippen molar-refractivity contribution < 1.29 is 19.1 Å². The van der Waals surface area contributed by atoms with Crippen molar-refractivity contribution in [2.75, 3.05) is 17.9 Å². The largest absolute Gasteiger partial charge is 0.454 e. The van der Waals surface area contributed by atoms with Gasteiger partial charge in [0.2, 0.25) is 12.7 Å². The van der Waals surface area contributed by atoms with Crippen LogP contribution in [0.3, 0.4) is 0 Å². The number of thioether (sulfide) groups is 1. The van der Waals surface area contributed by atoms with E-state index in [9.17, 15) is 9.59 Å². The number of nitrogens with one attached hydrogen (secondary N) is 2. The number of carbonyl (C=O) groups excluding carboxylic acids is 2. The number of aryl methyl sites for hydroxylation is 1. The van der Waals surface area contributed by atoms with E-state index in [-0.39, 0.29) is 30.9 Å². The molecular formula is C22H23N5O4S. The highest BCUT2D eigenvalue weighted by Gasteiger charge is 2.18. The molecule has 0 fully saturated rings. The van der Waals surface area contributed by atoms with E-state index in [1.807, 2.05) is 42.7 Å². The van der Waals surface area contributed by atoms with Gasteiger partial charge >= 0.3 is 0 Å². The van der Waals surface area contributed by atoms with Gasteiger partial charge in [-0.25, -0.2) is 0 Å². The number of hydrogen-bond donors (Lipinski definition) is 2. The zero-order valence-corrected chi connectivity index (χ0v) is 18.6. The number of rotatable bonds is 8. The predicted molar refractivity (Wildman–Crippen MR) is 120 cm³/mol. The topological polar surface area (TPSA) is 107 Å². The van der Waals surface area contributed by atoms with Crippen molar-refractivity contribution in [3.8, 4) is 11.5 Å². The average Bonchev–Trinajstić information content (AvgIpc) is 3.43. The molecule has 166 valence electrons. The second kappa shape index (κ2) is 9.73. The van der Waals surface area contributed by atoms with Gasteiger partial charge in [-0.05, 0) is 44.2 Å². The molecule has 0 radical (unpaired) electrons. The van der Waals surface area contributed by atoms with Gasteiger partial charge < -0.3 is 24.7 Å².